The maximum atomic E-state index is 12.4. The molecular weight excluding hydrogens is 344 g/mol. The second kappa shape index (κ2) is 7.23. The topological polar surface area (TPSA) is 84.1 Å². The van der Waals surface area contributed by atoms with Crippen LogP contribution in [-0.2, 0) is 17.6 Å². The normalized spacial score (nSPS) is 15.8. The molecule has 8 heteroatoms. The highest BCUT2D eigenvalue weighted by molar-refractivity contribution is 5.79. The van der Waals surface area contributed by atoms with Gasteiger partial charge in [-0.15, -0.1) is 0 Å². The summed E-state index contributed by atoms with van der Waals surface area (Å²) in [4.78, 5) is 31.2. The summed E-state index contributed by atoms with van der Waals surface area (Å²) in [6.45, 7) is 0.461. The minimum atomic E-state index is -2.90. The highest BCUT2D eigenvalue weighted by Gasteiger charge is 2.25. The van der Waals surface area contributed by atoms with Gasteiger partial charge in [0.15, 0.2) is 0 Å². The number of aromatic amines is 1. The molecule has 0 saturated carbocycles. The molecule has 1 aliphatic rings. The molecule has 1 aromatic heterocycles. The molecular formula is C18H19F2N3O3. The Morgan fingerprint density at radius 2 is 2.19 bits per heavy atom. The minimum Gasteiger partial charge on any atom is -0.435 e. The molecule has 2 N–H and O–H groups in total. The summed E-state index contributed by atoms with van der Waals surface area (Å²) < 4.78 is 29.2. The summed E-state index contributed by atoms with van der Waals surface area (Å²) in [6, 6.07) is 4.47. The zero-order valence-electron chi connectivity index (χ0n) is 14.4. The number of amides is 1. The third-order valence-electron chi connectivity index (χ3n) is 4.43. The van der Waals surface area contributed by atoms with Crippen LogP contribution in [-0.4, -0.2) is 22.5 Å². The van der Waals surface area contributed by atoms with Gasteiger partial charge in [-0.1, -0.05) is 6.07 Å². The number of nitrogens with zero attached hydrogens (tertiary/aromatic N) is 1. The predicted molar refractivity (Wildman–Crippen MR) is 90.3 cm³/mol. The van der Waals surface area contributed by atoms with Gasteiger partial charge in [0.05, 0.1) is 12.5 Å². The zero-order valence-corrected chi connectivity index (χ0v) is 14.4. The van der Waals surface area contributed by atoms with Gasteiger partial charge in [-0.2, -0.15) is 8.78 Å². The van der Waals surface area contributed by atoms with Crippen molar-refractivity contribution in [1.29, 1.82) is 0 Å². The summed E-state index contributed by atoms with van der Waals surface area (Å²) in [5, 5.41) is 2.87. The molecule has 1 aromatic carbocycles. The monoisotopic (exact) mass is 363 g/mol. The fourth-order valence-corrected chi connectivity index (χ4v) is 3.27. The van der Waals surface area contributed by atoms with E-state index in [0.29, 0.717) is 23.5 Å². The van der Waals surface area contributed by atoms with E-state index in [9.17, 15) is 18.4 Å². The van der Waals surface area contributed by atoms with Crippen molar-refractivity contribution in [2.24, 2.45) is 0 Å². The number of hydrogen-bond acceptors (Lipinski definition) is 4. The van der Waals surface area contributed by atoms with Crippen LogP contribution < -0.4 is 15.6 Å². The lowest BCUT2D eigenvalue weighted by molar-refractivity contribution is -0.121. The molecule has 138 valence electrons. The van der Waals surface area contributed by atoms with Crippen molar-refractivity contribution < 1.29 is 18.3 Å². The van der Waals surface area contributed by atoms with Crippen LogP contribution in [0.4, 0.5) is 8.78 Å². The first kappa shape index (κ1) is 18.0. The Hall–Kier alpha value is -2.77. The fourth-order valence-electron chi connectivity index (χ4n) is 3.27. The summed E-state index contributed by atoms with van der Waals surface area (Å²) in [6.07, 6.45) is 1.31. The van der Waals surface area contributed by atoms with Crippen LogP contribution in [0.2, 0.25) is 0 Å². The standard InChI is InChI=1S/C18H19F2N3O3/c1-9-13(17(25)22-10(2)21-9)8-16(24)23-15-6-4-11-3-5-12(7-14(11)15)26-18(19)20/h3,5,7,15,18H,4,6,8H2,1-2H3,(H,23,24)(H,21,22,25)/t15-/m0/s1. The van der Waals surface area contributed by atoms with Crippen LogP contribution in [0.3, 0.4) is 0 Å². The van der Waals surface area contributed by atoms with Crippen molar-refractivity contribution in [3.63, 3.8) is 0 Å². The van der Waals surface area contributed by atoms with Crippen molar-refractivity contribution in [1.82, 2.24) is 15.3 Å². The summed E-state index contributed by atoms with van der Waals surface area (Å²) in [5.74, 6) is 0.241. The van der Waals surface area contributed by atoms with Crippen LogP contribution in [0.5, 0.6) is 5.75 Å². The van der Waals surface area contributed by atoms with E-state index in [1.165, 1.54) is 12.1 Å². The molecule has 0 bridgehead atoms. The van der Waals surface area contributed by atoms with Crippen molar-refractivity contribution in [2.75, 3.05) is 0 Å². The molecule has 0 aliphatic heterocycles. The average Bonchev–Trinajstić information content (AvgIpc) is 2.92. The number of rotatable bonds is 5. The number of carbonyl (C=O) groups excluding carboxylic acids is 1. The Kier molecular flexibility index (Phi) is 5.01. The summed E-state index contributed by atoms with van der Waals surface area (Å²) >= 11 is 0. The van der Waals surface area contributed by atoms with Crippen LogP contribution >= 0.6 is 0 Å². The number of aryl methyl sites for hydroxylation is 3. The van der Waals surface area contributed by atoms with Crippen molar-refractivity contribution in [3.05, 3.63) is 56.8 Å². The molecule has 3 rings (SSSR count). The number of halogens is 2. The third-order valence-corrected chi connectivity index (χ3v) is 4.43. The molecule has 1 atom stereocenters. The van der Waals surface area contributed by atoms with E-state index in [-0.39, 0.29) is 29.7 Å². The van der Waals surface area contributed by atoms with Gasteiger partial charge >= 0.3 is 6.61 Å². The zero-order chi connectivity index (χ0) is 18.8. The summed E-state index contributed by atoms with van der Waals surface area (Å²) in [7, 11) is 0. The van der Waals surface area contributed by atoms with Gasteiger partial charge in [-0.3, -0.25) is 9.59 Å². The largest absolute Gasteiger partial charge is 0.435 e. The molecule has 0 saturated heterocycles. The SMILES string of the molecule is Cc1nc(C)c(CC(=O)N[C@H]2CCc3ccc(OC(F)F)cc32)c(=O)[nH]1. The number of fused-ring (bicyclic) bond motifs is 1. The number of carbonyl (C=O) groups is 1. The van der Waals surface area contributed by atoms with Crippen LogP contribution in [0, 0.1) is 13.8 Å². The van der Waals surface area contributed by atoms with Crippen molar-refractivity contribution >= 4 is 5.91 Å². The van der Waals surface area contributed by atoms with Gasteiger partial charge in [0.2, 0.25) is 5.91 Å². The third kappa shape index (κ3) is 3.89. The number of alkyl halides is 2. The van der Waals surface area contributed by atoms with Crippen LogP contribution in [0.25, 0.3) is 0 Å². The van der Waals surface area contributed by atoms with Gasteiger partial charge in [-0.05, 0) is 49.9 Å². The van der Waals surface area contributed by atoms with Gasteiger partial charge in [0.1, 0.15) is 11.6 Å². The first-order valence-electron chi connectivity index (χ1n) is 8.27. The molecule has 0 spiro atoms. The van der Waals surface area contributed by atoms with E-state index in [1.54, 1.807) is 19.9 Å². The number of hydrogen-bond donors (Lipinski definition) is 2. The van der Waals surface area contributed by atoms with Crippen molar-refractivity contribution in [2.45, 2.75) is 45.8 Å². The van der Waals surface area contributed by atoms with E-state index in [0.717, 1.165) is 17.5 Å². The van der Waals surface area contributed by atoms with E-state index in [4.69, 9.17) is 0 Å². The molecule has 0 unspecified atom stereocenters. The second-order valence-electron chi connectivity index (χ2n) is 6.29. The molecule has 2 aromatic rings. The van der Waals surface area contributed by atoms with E-state index < -0.39 is 6.61 Å². The van der Waals surface area contributed by atoms with Gasteiger partial charge in [0.25, 0.3) is 5.56 Å². The maximum absolute atomic E-state index is 12.4. The van der Waals surface area contributed by atoms with Crippen molar-refractivity contribution in [3.8, 4) is 5.75 Å². The molecule has 1 aliphatic carbocycles. The highest BCUT2D eigenvalue weighted by Crippen LogP contribution is 2.34. The number of aromatic nitrogens is 2. The highest BCUT2D eigenvalue weighted by atomic mass is 19.3. The Balaban J connectivity index is 1.73. The van der Waals surface area contributed by atoms with Crippen LogP contribution in [0.15, 0.2) is 23.0 Å². The fraction of sp³-hybridized carbons (Fsp3) is 0.389. The first-order valence-corrected chi connectivity index (χ1v) is 8.27. The number of nitrogens with one attached hydrogen (secondary N) is 2. The van der Waals surface area contributed by atoms with Gasteiger partial charge in [-0.25, -0.2) is 4.98 Å². The number of ether oxygens (including phenoxy) is 1. The second-order valence-corrected chi connectivity index (χ2v) is 6.29. The average molecular weight is 363 g/mol. The Morgan fingerprint density at radius 3 is 2.88 bits per heavy atom. The lowest BCUT2D eigenvalue weighted by Gasteiger charge is -2.15. The Morgan fingerprint density at radius 1 is 1.42 bits per heavy atom. The molecule has 0 fully saturated rings. The van der Waals surface area contributed by atoms with E-state index in [1.807, 2.05) is 0 Å². The van der Waals surface area contributed by atoms with Gasteiger partial charge in [0, 0.05) is 11.3 Å². The molecule has 0 radical (unpaired) electrons. The number of benzene rings is 1. The Bertz CT molecular complexity index is 896. The maximum Gasteiger partial charge on any atom is 0.387 e. The van der Waals surface area contributed by atoms with E-state index >= 15 is 0 Å². The van der Waals surface area contributed by atoms with E-state index in [2.05, 4.69) is 20.0 Å². The smallest absolute Gasteiger partial charge is 0.387 e. The minimum absolute atomic E-state index is 0.0647. The number of H-pyrrole nitrogens is 1. The lowest BCUT2D eigenvalue weighted by Crippen LogP contribution is -2.31. The van der Waals surface area contributed by atoms with Gasteiger partial charge < -0.3 is 15.0 Å². The molecule has 6 nitrogen and oxygen atoms in total. The predicted octanol–water partition coefficient (Wildman–Crippen LogP) is 2.33. The Labute approximate surface area is 148 Å². The summed E-state index contributed by atoms with van der Waals surface area (Å²) in [5.41, 5.74) is 2.26. The lowest BCUT2D eigenvalue weighted by atomic mass is 10.1. The quantitative estimate of drug-likeness (QED) is 0.854. The molecule has 1 amide bonds. The first-order chi connectivity index (χ1) is 12.3. The van der Waals surface area contributed by atoms with Crippen LogP contribution in [0.1, 0.15) is 40.7 Å². The molecule has 1 heterocycles. The molecule has 26 heavy (non-hydrogen) atoms.